The first-order valence-corrected chi connectivity index (χ1v) is 8.08. The van der Waals surface area contributed by atoms with Crippen molar-refractivity contribution in [2.24, 2.45) is 10.6 Å². The Morgan fingerprint density at radius 2 is 1.90 bits per heavy atom. The van der Waals surface area contributed by atoms with E-state index >= 15 is 0 Å². The summed E-state index contributed by atoms with van der Waals surface area (Å²) >= 11 is 0. The lowest BCUT2D eigenvalue weighted by atomic mass is 9.94. The number of hydrogen-bond acceptors (Lipinski definition) is 4. The highest BCUT2D eigenvalue weighted by Crippen LogP contribution is 2.22. The van der Waals surface area contributed by atoms with E-state index in [9.17, 15) is 8.42 Å². The number of rotatable bonds is 5. The maximum Gasteiger partial charge on any atom is 0.232 e. The highest BCUT2D eigenvalue weighted by Gasteiger charge is 2.18. The molecule has 1 rings (SSSR count). The quantitative estimate of drug-likeness (QED) is 0.498. The van der Waals surface area contributed by atoms with Crippen LogP contribution in [0, 0.1) is 5.41 Å². The summed E-state index contributed by atoms with van der Waals surface area (Å²) in [5, 5.41) is 11.9. The Kier molecular flexibility index (Phi) is 5.16. The Hall–Kier alpha value is -1.56. The maximum absolute atomic E-state index is 12.1. The smallest absolute Gasteiger partial charge is 0.232 e. The Balaban J connectivity index is 2.93. The minimum atomic E-state index is -3.42. The highest BCUT2D eigenvalue weighted by atomic mass is 32.2. The van der Waals surface area contributed by atoms with Gasteiger partial charge in [-0.3, -0.25) is 4.72 Å². The molecule has 112 valence electrons. The zero-order valence-electron chi connectivity index (χ0n) is 12.3. The zero-order valence-corrected chi connectivity index (χ0v) is 13.2. The molecule has 20 heavy (non-hydrogen) atoms. The van der Waals surface area contributed by atoms with Crippen molar-refractivity contribution in [3.05, 3.63) is 29.8 Å². The van der Waals surface area contributed by atoms with E-state index in [0.717, 1.165) is 0 Å². The van der Waals surface area contributed by atoms with Gasteiger partial charge < -0.3 is 5.21 Å². The Morgan fingerprint density at radius 1 is 1.30 bits per heavy atom. The molecule has 0 atom stereocenters. The number of nitrogens with one attached hydrogen (secondary N) is 1. The number of nitrogens with zero attached hydrogens (tertiary/aromatic N) is 1. The normalized spacial score (nSPS) is 13.3. The fourth-order valence-electron chi connectivity index (χ4n) is 1.60. The van der Waals surface area contributed by atoms with Crippen molar-refractivity contribution in [3.8, 4) is 0 Å². The van der Waals surface area contributed by atoms with Crippen LogP contribution in [0.1, 0.15) is 39.7 Å². The molecule has 1 aromatic rings. The number of oxime groups is 1. The monoisotopic (exact) mass is 298 g/mol. The van der Waals surface area contributed by atoms with Gasteiger partial charge in [-0.05, 0) is 24.8 Å². The summed E-state index contributed by atoms with van der Waals surface area (Å²) < 4.78 is 26.7. The summed E-state index contributed by atoms with van der Waals surface area (Å²) in [7, 11) is -3.42. The maximum atomic E-state index is 12.1. The summed E-state index contributed by atoms with van der Waals surface area (Å²) in [6.45, 7) is 7.61. The molecule has 5 nitrogen and oxygen atoms in total. The van der Waals surface area contributed by atoms with E-state index in [1.807, 2.05) is 20.8 Å². The van der Waals surface area contributed by atoms with Gasteiger partial charge in [0.05, 0.1) is 17.2 Å². The van der Waals surface area contributed by atoms with E-state index in [1.54, 1.807) is 31.2 Å². The summed E-state index contributed by atoms with van der Waals surface area (Å²) in [5.41, 5.74) is 1.31. The van der Waals surface area contributed by atoms with Crippen molar-refractivity contribution in [3.63, 3.8) is 0 Å². The molecule has 0 bridgehead atoms. The van der Waals surface area contributed by atoms with Crippen molar-refractivity contribution in [1.29, 1.82) is 0 Å². The van der Waals surface area contributed by atoms with Gasteiger partial charge in [-0.25, -0.2) is 8.42 Å². The molecule has 0 aliphatic heterocycles. The van der Waals surface area contributed by atoms with Crippen molar-refractivity contribution in [1.82, 2.24) is 0 Å². The number of sulfonamides is 1. The predicted molar refractivity (Wildman–Crippen MR) is 81.9 cm³/mol. The van der Waals surface area contributed by atoms with Crippen molar-refractivity contribution < 1.29 is 13.6 Å². The lowest BCUT2D eigenvalue weighted by molar-refractivity contribution is 0.319. The second-order valence-corrected chi connectivity index (χ2v) is 7.80. The zero-order chi connectivity index (χ0) is 15.4. The summed E-state index contributed by atoms with van der Waals surface area (Å²) in [6.07, 6.45) is 0.567. The van der Waals surface area contributed by atoms with Crippen LogP contribution in [0.15, 0.2) is 29.4 Å². The van der Waals surface area contributed by atoms with Gasteiger partial charge in [0.2, 0.25) is 10.0 Å². The van der Waals surface area contributed by atoms with Crippen LogP contribution < -0.4 is 4.72 Å². The van der Waals surface area contributed by atoms with Gasteiger partial charge in [-0.15, -0.1) is 0 Å². The van der Waals surface area contributed by atoms with Crippen LogP contribution in [0.25, 0.3) is 0 Å². The molecule has 0 saturated carbocycles. The van der Waals surface area contributed by atoms with Crippen molar-refractivity contribution in [2.75, 3.05) is 10.5 Å². The second-order valence-electron chi connectivity index (χ2n) is 5.96. The molecule has 2 N–H and O–H groups in total. The van der Waals surface area contributed by atoms with Crippen LogP contribution in [0.4, 0.5) is 5.69 Å². The van der Waals surface area contributed by atoms with Crippen LogP contribution in [0.2, 0.25) is 0 Å². The standard InChI is InChI=1S/C14H22N2O3S/c1-11(15-17)12-7-5-6-8-13(12)16-20(18,19)10-9-14(2,3)4/h5-8,16-17H,9-10H2,1-4H3/b15-11-. The molecule has 0 radical (unpaired) electrons. The largest absolute Gasteiger partial charge is 0.411 e. The van der Waals surface area contributed by atoms with E-state index in [2.05, 4.69) is 9.88 Å². The van der Waals surface area contributed by atoms with Gasteiger partial charge in [0, 0.05) is 5.56 Å². The second kappa shape index (κ2) is 6.26. The third kappa shape index (κ3) is 5.21. The number of para-hydroxylation sites is 1. The summed E-state index contributed by atoms with van der Waals surface area (Å²) in [5.74, 6) is 0.0557. The van der Waals surface area contributed by atoms with Crippen LogP contribution >= 0.6 is 0 Å². The van der Waals surface area contributed by atoms with Gasteiger partial charge in [-0.1, -0.05) is 44.1 Å². The Morgan fingerprint density at radius 3 is 2.45 bits per heavy atom. The van der Waals surface area contributed by atoms with Crippen LogP contribution in [0.3, 0.4) is 0 Å². The highest BCUT2D eigenvalue weighted by molar-refractivity contribution is 7.92. The van der Waals surface area contributed by atoms with E-state index < -0.39 is 10.0 Å². The van der Waals surface area contributed by atoms with E-state index in [0.29, 0.717) is 23.4 Å². The average molecular weight is 298 g/mol. The molecule has 1 aromatic carbocycles. The molecule has 6 heteroatoms. The molecule has 0 amide bonds. The van der Waals surface area contributed by atoms with Crippen LogP contribution in [-0.2, 0) is 10.0 Å². The SMILES string of the molecule is C/C(=N/O)c1ccccc1NS(=O)(=O)CCC(C)(C)C. The minimum Gasteiger partial charge on any atom is -0.411 e. The molecule has 0 aliphatic carbocycles. The topological polar surface area (TPSA) is 78.8 Å². The average Bonchev–Trinajstić information content (AvgIpc) is 2.35. The first-order chi connectivity index (χ1) is 9.14. The molecule has 0 fully saturated rings. The molecule has 0 unspecified atom stereocenters. The van der Waals surface area contributed by atoms with Gasteiger partial charge in [0.1, 0.15) is 0 Å². The number of benzene rings is 1. The first-order valence-electron chi connectivity index (χ1n) is 6.43. The molecule has 0 aliphatic rings. The van der Waals surface area contributed by atoms with E-state index in [4.69, 9.17) is 5.21 Å². The number of anilines is 1. The van der Waals surface area contributed by atoms with E-state index in [-0.39, 0.29) is 11.2 Å². The summed E-state index contributed by atoms with van der Waals surface area (Å²) in [6, 6.07) is 6.85. The first kappa shape index (κ1) is 16.5. The van der Waals surface area contributed by atoms with Gasteiger partial charge >= 0.3 is 0 Å². The Bertz CT molecular complexity index is 587. The minimum absolute atomic E-state index is 0.0449. The van der Waals surface area contributed by atoms with Crippen LogP contribution in [-0.4, -0.2) is 25.1 Å². The van der Waals surface area contributed by atoms with Gasteiger partial charge in [0.25, 0.3) is 0 Å². The van der Waals surface area contributed by atoms with Crippen molar-refractivity contribution in [2.45, 2.75) is 34.1 Å². The predicted octanol–water partition coefficient (Wildman–Crippen LogP) is 3.06. The van der Waals surface area contributed by atoms with Gasteiger partial charge in [0.15, 0.2) is 0 Å². The third-order valence-electron chi connectivity index (χ3n) is 2.85. The van der Waals surface area contributed by atoms with Gasteiger partial charge in [-0.2, -0.15) is 0 Å². The molecule has 0 saturated heterocycles. The number of hydrogen-bond donors (Lipinski definition) is 2. The van der Waals surface area contributed by atoms with Crippen LogP contribution in [0.5, 0.6) is 0 Å². The third-order valence-corrected chi connectivity index (χ3v) is 4.13. The molecule has 0 spiro atoms. The van der Waals surface area contributed by atoms with E-state index in [1.165, 1.54) is 0 Å². The fourth-order valence-corrected chi connectivity index (χ4v) is 3.10. The molecular weight excluding hydrogens is 276 g/mol. The molecular formula is C14H22N2O3S. The Labute approximate surface area is 120 Å². The lowest BCUT2D eigenvalue weighted by Gasteiger charge is -2.18. The lowest BCUT2D eigenvalue weighted by Crippen LogP contribution is -2.21. The molecule has 0 aromatic heterocycles. The fraction of sp³-hybridized carbons (Fsp3) is 0.500. The van der Waals surface area contributed by atoms with Crippen molar-refractivity contribution >= 4 is 21.4 Å². The molecule has 0 heterocycles. The summed E-state index contributed by atoms with van der Waals surface area (Å²) in [4.78, 5) is 0.